The van der Waals surface area contributed by atoms with Gasteiger partial charge in [-0.2, -0.15) is 0 Å². The largest absolute Gasteiger partial charge is 0.300 e. The van der Waals surface area contributed by atoms with Gasteiger partial charge in [0, 0.05) is 19.1 Å². The molecule has 0 aliphatic carbocycles. The van der Waals surface area contributed by atoms with E-state index in [1.54, 1.807) is 0 Å². The topological polar surface area (TPSA) is 37.4 Å². The van der Waals surface area contributed by atoms with Gasteiger partial charge < -0.3 is 0 Å². The minimum Gasteiger partial charge on any atom is -0.300 e. The number of likely N-dealkylation sites (tertiary alicyclic amines) is 1. The fourth-order valence-corrected chi connectivity index (χ4v) is 3.75. The van der Waals surface area contributed by atoms with Crippen LogP contribution in [0.1, 0.15) is 19.8 Å². The Morgan fingerprint density at radius 3 is 2.15 bits per heavy atom. The van der Waals surface area contributed by atoms with Crippen LogP contribution >= 0.6 is 0 Å². The molecule has 0 spiro atoms. The zero-order valence-electron chi connectivity index (χ0n) is 8.07. The van der Waals surface area contributed by atoms with Crippen LogP contribution in [0.4, 0.5) is 0 Å². The number of nitrogens with zero attached hydrogens (tertiary/aromatic N) is 1. The molecule has 2 aliphatic heterocycles. The van der Waals surface area contributed by atoms with Crippen LogP contribution in [0.15, 0.2) is 0 Å². The van der Waals surface area contributed by atoms with Crippen LogP contribution in [0.25, 0.3) is 0 Å². The van der Waals surface area contributed by atoms with Gasteiger partial charge in [-0.1, -0.05) is 6.92 Å². The highest BCUT2D eigenvalue weighted by molar-refractivity contribution is 7.91. The first-order valence-corrected chi connectivity index (χ1v) is 6.83. The smallest absolute Gasteiger partial charge is 0.150 e. The molecule has 0 atom stereocenters. The average Bonchev–Trinajstić information content (AvgIpc) is 2.00. The molecule has 3 nitrogen and oxygen atoms in total. The Bertz CT molecular complexity index is 266. The Morgan fingerprint density at radius 2 is 1.69 bits per heavy atom. The first-order valence-electron chi connectivity index (χ1n) is 5.01. The summed E-state index contributed by atoms with van der Waals surface area (Å²) in [6.07, 6.45) is 1.71. The second kappa shape index (κ2) is 3.24. The van der Waals surface area contributed by atoms with Crippen molar-refractivity contribution in [2.45, 2.75) is 25.8 Å². The lowest BCUT2D eigenvalue weighted by Gasteiger charge is -2.44. The fraction of sp³-hybridized carbons (Fsp3) is 1.00. The summed E-state index contributed by atoms with van der Waals surface area (Å²) in [5, 5.41) is 0. The first-order chi connectivity index (χ1) is 6.07. The van der Waals surface area contributed by atoms with E-state index in [2.05, 4.69) is 11.8 Å². The maximum Gasteiger partial charge on any atom is 0.150 e. The van der Waals surface area contributed by atoms with E-state index in [9.17, 15) is 8.42 Å². The Balaban J connectivity index is 1.85. The third kappa shape index (κ3) is 2.05. The van der Waals surface area contributed by atoms with Gasteiger partial charge in [-0.3, -0.25) is 4.90 Å². The molecule has 0 aromatic carbocycles. The van der Waals surface area contributed by atoms with Crippen molar-refractivity contribution >= 4 is 9.84 Å². The Labute approximate surface area is 80.0 Å². The highest BCUT2D eigenvalue weighted by Crippen LogP contribution is 2.25. The molecule has 2 rings (SSSR count). The second-order valence-electron chi connectivity index (χ2n) is 4.44. The Kier molecular flexibility index (Phi) is 2.36. The summed E-state index contributed by atoms with van der Waals surface area (Å²) < 4.78 is 22.3. The van der Waals surface area contributed by atoms with E-state index in [4.69, 9.17) is 0 Å². The van der Waals surface area contributed by atoms with Gasteiger partial charge in [-0.25, -0.2) is 8.42 Å². The van der Waals surface area contributed by atoms with E-state index < -0.39 is 9.84 Å². The van der Waals surface area contributed by atoms with Crippen LogP contribution in [0.2, 0.25) is 0 Å². The quantitative estimate of drug-likeness (QED) is 0.623. The molecule has 4 heteroatoms. The van der Waals surface area contributed by atoms with Crippen LogP contribution in [0.5, 0.6) is 0 Å². The van der Waals surface area contributed by atoms with Crippen LogP contribution in [0, 0.1) is 5.92 Å². The molecule has 0 saturated carbocycles. The van der Waals surface area contributed by atoms with Gasteiger partial charge in [0.1, 0.15) is 9.84 Å². The van der Waals surface area contributed by atoms with Gasteiger partial charge in [0.15, 0.2) is 0 Å². The maximum atomic E-state index is 11.2. The van der Waals surface area contributed by atoms with Crippen molar-refractivity contribution in [3.8, 4) is 0 Å². The predicted octanol–water partition coefficient (Wildman–Crippen LogP) is 0.515. The number of sulfone groups is 1. The summed E-state index contributed by atoms with van der Waals surface area (Å²) in [5.41, 5.74) is 0. The lowest BCUT2D eigenvalue weighted by Crippen LogP contribution is -2.53. The van der Waals surface area contributed by atoms with E-state index in [1.807, 2.05) is 0 Å². The lowest BCUT2D eigenvalue weighted by molar-refractivity contribution is 0.0574. The predicted molar refractivity (Wildman–Crippen MR) is 52.4 cm³/mol. The van der Waals surface area contributed by atoms with E-state index in [1.165, 1.54) is 13.1 Å². The summed E-state index contributed by atoms with van der Waals surface area (Å²) in [4.78, 5) is 2.43. The molecule has 0 bridgehead atoms. The zero-order valence-corrected chi connectivity index (χ0v) is 8.89. The first kappa shape index (κ1) is 9.46. The molecule has 0 amide bonds. The van der Waals surface area contributed by atoms with Gasteiger partial charge in [-0.15, -0.1) is 0 Å². The summed E-state index contributed by atoms with van der Waals surface area (Å²) in [5.74, 6) is 1.63. The monoisotopic (exact) mass is 203 g/mol. The van der Waals surface area contributed by atoms with Gasteiger partial charge in [0.2, 0.25) is 0 Å². The van der Waals surface area contributed by atoms with E-state index in [-0.39, 0.29) is 0 Å². The molecule has 2 saturated heterocycles. The molecule has 0 aromatic rings. The lowest BCUT2D eigenvalue weighted by atomic mass is 9.97. The SMILES string of the molecule is CC1CN(C2CCS(=O)(=O)CC2)C1. The Hall–Kier alpha value is -0.0900. The molecule has 0 aromatic heterocycles. The van der Waals surface area contributed by atoms with Crippen molar-refractivity contribution < 1.29 is 8.42 Å². The van der Waals surface area contributed by atoms with Crippen molar-refractivity contribution in [3.63, 3.8) is 0 Å². The van der Waals surface area contributed by atoms with Gasteiger partial charge >= 0.3 is 0 Å². The molecule has 0 unspecified atom stereocenters. The molecule has 13 heavy (non-hydrogen) atoms. The molecule has 2 heterocycles. The zero-order chi connectivity index (χ0) is 9.47. The molecule has 2 fully saturated rings. The Morgan fingerprint density at radius 1 is 1.15 bits per heavy atom. The fourth-order valence-electron chi connectivity index (χ4n) is 2.29. The van der Waals surface area contributed by atoms with Gasteiger partial charge in [0.25, 0.3) is 0 Å². The number of hydrogen-bond acceptors (Lipinski definition) is 3. The van der Waals surface area contributed by atoms with E-state index in [0.29, 0.717) is 17.5 Å². The van der Waals surface area contributed by atoms with Crippen molar-refractivity contribution in [1.82, 2.24) is 4.90 Å². The van der Waals surface area contributed by atoms with Gasteiger partial charge in [0.05, 0.1) is 11.5 Å². The molecule has 0 radical (unpaired) electrons. The summed E-state index contributed by atoms with van der Waals surface area (Å²) in [6.45, 7) is 4.59. The minimum atomic E-state index is -2.67. The average molecular weight is 203 g/mol. The third-order valence-electron chi connectivity index (χ3n) is 3.13. The van der Waals surface area contributed by atoms with Crippen molar-refractivity contribution in [3.05, 3.63) is 0 Å². The summed E-state index contributed by atoms with van der Waals surface area (Å²) in [6, 6.07) is 0.555. The van der Waals surface area contributed by atoms with Crippen molar-refractivity contribution in [2.24, 2.45) is 5.92 Å². The second-order valence-corrected chi connectivity index (χ2v) is 6.75. The molecule has 0 N–H and O–H groups in total. The van der Waals surface area contributed by atoms with E-state index in [0.717, 1.165) is 18.8 Å². The molecule has 2 aliphatic rings. The van der Waals surface area contributed by atoms with Crippen LogP contribution in [0.3, 0.4) is 0 Å². The summed E-state index contributed by atoms with van der Waals surface area (Å²) in [7, 11) is -2.67. The highest BCUT2D eigenvalue weighted by Gasteiger charge is 2.33. The van der Waals surface area contributed by atoms with Crippen molar-refractivity contribution in [2.75, 3.05) is 24.6 Å². The highest BCUT2D eigenvalue weighted by atomic mass is 32.2. The molecular formula is C9H17NO2S. The standard InChI is InChI=1S/C9H17NO2S/c1-8-6-10(7-8)9-2-4-13(11,12)5-3-9/h8-9H,2-7H2,1H3. The van der Waals surface area contributed by atoms with Crippen molar-refractivity contribution in [1.29, 1.82) is 0 Å². The minimum absolute atomic E-state index is 0.405. The number of rotatable bonds is 1. The summed E-state index contributed by atoms with van der Waals surface area (Å²) >= 11 is 0. The maximum absolute atomic E-state index is 11.2. The molecule has 76 valence electrons. The third-order valence-corrected chi connectivity index (χ3v) is 4.85. The molecular weight excluding hydrogens is 186 g/mol. The van der Waals surface area contributed by atoms with Crippen LogP contribution in [-0.4, -0.2) is 44.0 Å². The number of hydrogen-bond donors (Lipinski definition) is 0. The van der Waals surface area contributed by atoms with E-state index >= 15 is 0 Å². The normalized spacial score (nSPS) is 31.5. The van der Waals surface area contributed by atoms with Crippen LogP contribution in [-0.2, 0) is 9.84 Å². The van der Waals surface area contributed by atoms with Gasteiger partial charge in [-0.05, 0) is 18.8 Å². The van der Waals surface area contributed by atoms with Crippen LogP contribution < -0.4 is 0 Å².